The van der Waals surface area contributed by atoms with Gasteiger partial charge in [-0.3, -0.25) is 14.5 Å². The van der Waals surface area contributed by atoms with Gasteiger partial charge in [0.15, 0.2) is 0 Å². The van der Waals surface area contributed by atoms with E-state index in [1.54, 1.807) is 0 Å². The average molecular weight is 1540 g/mol. The summed E-state index contributed by atoms with van der Waals surface area (Å²) in [6, 6.07) is 26.7. The van der Waals surface area contributed by atoms with E-state index in [-0.39, 0.29) is 236 Å². The minimum atomic E-state index is -5.29. The third-order valence-corrected chi connectivity index (χ3v) is 16.1. The summed E-state index contributed by atoms with van der Waals surface area (Å²) in [6.45, 7) is 0. The fourth-order valence-corrected chi connectivity index (χ4v) is 11.0. The van der Waals surface area contributed by atoms with Crippen molar-refractivity contribution < 1.29 is 227 Å². The molecule has 0 unspecified atom stereocenters. The maximum absolute atomic E-state index is 13.5. The van der Waals surface area contributed by atoms with Crippen LogP contribution in [0.1, 0.15) is 20.7 Å². The fourth-order valence-electron chi connectivity index (χ4n) is 8.32. The van der Waals surface area contributed by atoms with Crippen LogP contribution in [-0.2, 0) is 57.8 Å². The van der Waals surface area contributed by atoms with Crippen LogP contribution in [0.25, 0.3) is 21.5 Å². The molecule has 0 aliphatic heterocycles. The SMILES string of the molecule is COc1nc(Cl)nc(=Nc2ccc(N=Nc3c(S(=O)(=O)O)cc4ccc(Nc5cccc(S(=O)(=O)[O-])c5)cc4c3[O-])c(C(=O)[O-])c2)[nH]1.COc1nc(Cl)nc(=Nc2ccc(N=Nc3c(S(=O)(=O)[O-])cc4ccc(Nc5cccc(S(=O)(=O)[O-])c5)cc4c3[O-])c(C(=O)[O-])c2)[nH]1.[Cr+3].[Na+].[Na+].[Na+].[Na+]. The zero-order valence-electron chi connectivity index (χ0n) is 51.2. The Kier molecular flexibility index (Phi) is 30.4. The number of benzene rings is 8. The van der Waals surface area contributed by atoms with Crippen molar-refractivity contribution in [2.24, 2.45) is 30.4 Å². The van der Waals surface area contributed by atoms with Crippen molar-refractivity contribution in [3.63, 3.8) is 0 Å². The zero-order valence-corrected chi connectivity index (χ0v) is 65.2. The largest absolute Gasteiger partial charge is 3.00 e. The van der Waals surface area contributed by atoms with E-state index in [4.69, 9.17) is 32.7 Å². The Morgan fingerprint density at radius 2 is 0.869 bits per heavy atom. The van der Waals surface area contributed by atoms with Gasteiger partial charge in [-0.2, -0.15) is 28.4 Å². The Balaban J connectivity index is 0.000000400. The van der Waals surface area contributed by atoms with E-state index in [0.717, 1.165) is 60.7 Å². The van der Waals surface area contributed by atoms with Crippen LogP contribution in [0.15, 0.2) is 183 Å². The van der Waals surface area contributed by atoms with Gasteiger partial charge in [0.2, 0.25) is 21.8 Å². The van der Waals surface area contributed by atoms with Gasteiger partial charge < -0.3 is 63.8 Å². The van der Waals surface area contributed by atoms with E-state index in [0.29, 0.717) is 0 Å². The first kappa shape index (κ1) is 85.0. The van der Waals surface area contributed by atoms with Gasteiger partial charge in [0.25, 0.3) is 22.1 Å². The molecule has 0 saturated carbocycles. The molecule has 0 spiro atoms. The van der Waals surface area contributed by atoms with Gasteiger partial charge in [0.1, 0.15) is 35.2 Å². The Morgan fingerprint density at radius 3 is 1.22 bits per heavy atom. The number of methoxy groups -OCH3 is 2. The first-order valence-corrected chi connectivity index (χ1v) is 31.8. The number of anilines is 4. The molecule has 8 aromatic carbocycles. The number of aromatic amines is 2. The topological polar surface area (TPSA) is 552 Å². The number of azo groups is 2. The standard InChI is InChI=1S/2C27H20ClN7O10S2.Cr.4Na/c2*1-45-27-32-25(28)31-26(33-27)30-16-7-8-20(19(12-16)24(37)38)34-35-22-21(47(42,43)44)9-13-5-6-15(11-18(13)23(22)36)29-14-3-2-4-17(10-14)46(39,40)41;;;;;/h2*2-12,29,36H,1H3,(H,37,38)(H,39,40,41)(H,42,43,44)(H,30,31,32,33);;;;;/q;;+3;4*+1/p-7. The van der Waals surface area contributed by atoms with Gasteiger partial charge in [-0.1, -0.05) is 35.8 Å². The van der Waals surface area contributed by atoms with Gasteiger partial charge in [-0.05, 0) is 154 Å². The maximum atomic E-state index is 13.5. The van der Waals surface area contributed by atoms with Crippen LogP contribution < -0.4 is 170 Å². The maximum Gasteiger partial charge on any atom is 3.00 e. The molecule has 2 aromatic heterocycles. The number of ether oxygens (including phenoxy) is 2. The first-order chi connectivity index (χ1) is 44.2. The molecular weight excluding hydrogens is 1510 g/mol. The number of fused-ring (bicyclic) bond motifs is 2. The minimum Gasteiger partial charge on any atom is -0.871 e. The summed E-state index contributed by atoms with van der Waals surface area (Å²) >= 11 is 11.6. The predicted octanol–water partition coefficient (Wildman–Crippen LogP) is -7.13. The van der Waals surface area contributed by atoms with Crippen molar-refractivity contribution in [1.82, 2.24) is 29.9 Å². The smallest absolute Gasteiger partial charge is 0.871 e. The molecule has 99 heavy (non-hydrogen) atoms. The number of nitrogens with zero attached hydrogens (tertiary/aromatic N) is 10. The number of carboxylic acids is 2. The van der Waals surface area contributed by atoms with E-state index >= 15 is 0 Å². The fraction of sp³-hybridized carbons (Fsp3) is 0.0370. The zero-order chi connectivity index (χ0) is 68.2. The van der Waals surface area contributed by atoms with E-state index in [9.17, 15) is 81.9 Å². The third-order valence-electron chi connectivity index (χ3n) is 12.4. The van der Waals surface area contributed by atoms with Crippen molar-refractivity contribution in [3.8, 4) is 23.5 Å². The molecule has 0 atom stereocenters. The molecule has 0 amide bonds. The second-order valence-corrected chi connectivity index (χ2v) is 24.8. The van der Waals surface area contributed by atoms with Crippen LogP contribution in [0.3, 0.4) is 0 Å². The van der Waals surface area contributed by atoms with Gasteiger partial charge in [-0.15, -0.1) is 20.5 Å². The van der Waals surface area contributed by atoms with E-state index < -0.39 is 106 Å². The van der Waals surface area contributed by atoms with E-state index in [1.807, 2.05) is 0 Å². The summed E-state index contributed by atoms with van der Waals surface area (Å²) in [7, 11) is -17.2. The van der Waals surface area contributed by atoms with Gasteiger partial charge in [0.05, 0.1) is 75.0 Å². The number of hydrogen-bond acceptors (Lipinski definition) is 31. The molecule has 2 heterocycles. The number of hydrogen-bond donors (Lipinski definition) is 5. The molecule has 0 aliphatic carbocycles. The van der Waals surface area contributed by atoms with Crippen LogP contribution in [0.5, 0.6) is 23.5 Å². The number of rotatable bonds is 18. The van der Waals surface area contributed by atoms with E-state index in [2.05, 4.69) is 71.0 Å². The van der Waals surface area contributed by atoms with Crippen LogP contribution >= 0.6 is 23.2 Å². The Bertz CT molecular complexity index is 5170. The molecular formula is C54H33Cl2CrN14Na4O20S4. The van der Waals surface area contributed by atoms with Crippen molar-refractivity contribution in [2.75, 3.05) is 24.9 Å². The molecule has 0 aliphatic rings. The van der Waals surface area contributed by atoms with E-state index in [1.165, 1.54) is 87.0 Å². The quantitative estimate of drug-likeness (QED) is 0.0303. The summed E-state index contributed by atoms with van der Waals surface area (Å²) < 4.78 is 149. The molecule has 487 valence electrons. The summed E-state index contributed by atoms with van der Waals surface area (Å²) in [5, 5.41) is 70.8. The van der Waals surface area contributed by atoms with Crippen molar-refractivity contribution in [3.05, 3.63) is 166 Å². The van der Waals surface area contributed by atoms with Gasteiger partial charge >= 0.3 is 136 Å². The van der Waals surface area contributed by atoms with Gasteiger partial charge in [-0.25, -0.2) is 35.2 Å². The van der Waals surface area contributed by atoms with Crippen molar-refractivity contribution in [1.29, 1.82) is 0 Å². The first-order valence-electron chi connectivity index (χ1n) is 25.4. The normalized spacial score (nSPS) is 11.8. The van der Waals surface area contributed by atoms with Crippen LogP contribution in [0.2, 0.25) is 10.6 Å². The number of nitrogens with one attached hydrogen (secondary N) is 4. The number of carboxylic acid groups (broad SMARTS) is 2. The monoisotopic (exact) mass is 1540 g/mol. The van der Waals surface area contributed by atoms with Crippen LogP contribution in [0, 0.1) is 0 Å². The van der Waals surface area contributed by atoms with Crippen molar-refractivity contribution >= 4 is 154 Å². The number of H-pyrrole nitrogens is 2. The number of carbonyl (C=O) groups excluding carboxylic acids is 2. The third kappa shape index (κ3) is 21.8. The molecule has 0 bridgehead atoms. The Morgan fingerprint density at radius 1 is 0.495 bits per heavy atom. The number of aromatic carboxylic acids is 2. The molecule has 34 nitrogen and oxygen atoms in total. The van der Waals surface area contributed by atoms with Crippen molar-refractivity contribution in [2.45, 2.75) is 19.6 Å². The summed E-state index contributed by atoms with van der Waals surface area (Å²) in [4.78, 5) is 49.6. The molecule has 0 saturated heterocycles. The second-order valence-electron chi connectivity index (χ2n) is 18.6. The summed E-state index contributed by atoms with van der Waals surface area (Å²) in [5.41, 5.74) is -2.96. The summed E-state index contributed by atoms with van der Waals surface area (Å²) in [6.07, 6.45) is 0. The Labute approximate surface area is 667 Å². The molecule has 0 fully saturated rings. The molecule has 5 N–H and O–H groups in total. The molecule has 45 heteroatoms. The van der Waals surface area contributed by atoms with Gasteiger partial charge in [0, 0.05) is 33.9 Å². The Hall–Kier alpha value is -6.41. The minimum absolute atomic E-state index is 0. The molecule has 10 aromatic rings. The number of aromatic nitrogens is 6. The molecule has 10 rings (SSSR count). The molecule has 1 radical (unpaired) electrons. The van der Waals surface area contributed by atoms with Crippen LogP contribution in [0.4, 0.5) is 56.9 Å². The number of halogens is 2. The second kappa shape index (κ2) is 35.5. The summed E-state index contributed by atoms with van der Waals surface area (Å²) in [5.74, 6) is -5.52. The van der Waals surface area contributed by atoms with Crippen LogP contribution in [-0.4, -0.2) is 108 Å². The average Bonchev–Trinajstić information content (AvgIpc) is 0.770. The predicted molar refractivity (Wildman–Crippen MR) is 316 cm³/mol. The number of carbonyl (C=O) groups is 2.